The first-order valence-corrected chi connectivity index (χ1v) is 12.2. The third kappa shape index (κ3) is 3.91. The minimum atomic E-state index is -0.392. The SMILES string of the molecule is COC1=CC23CC(Cc4cc(OC)c(OC)cc42)N(CCc2ccc(OC)c(OC)c2)CC3=CC1=O. The fourth-order valence-electron chi connectivity index (χ4n) is 6.02. The van der Waals surface area contributed by atoms with Crippen LogP contribution in [0.3, 0.4) is 0 Å². The third-order valence-corrected chi connectivity index (χ3v) is 7.85. The summed E-state index contributed by atoms with van der Waals surface area (Å²) in [4.78, 5) is 15.3. The highest BCUT2D eigenvalue weighted by molar-refractivity contribution is 6.05. The zero-order chi connectivity index (χ0) is 25.4. The lowest BCUT2D eigenvalue weighted by molar-refractivity contribution is -0.114. The average molecular weight is 492 g/mol. The number of nitrogens with zero attached hydrogens (tertiary/aromatic N) is 1. The summed E-state index contributed by atoms with van der Waals surface area (Å²) in [6.45, 7) is 1.59. The van der Waals surface area contributed by atoms with Gasteiger partial charge in [-0.15, -0.1) is 0 Å². The second kappa shape index (κ2) is 9.54. The third-order valence-electron chi connectivity index (χ3n) is 7.85. The molecule has 0 aromatic heterocycles. The van der Waals surface area contributed by atoms with E-state index in [2.05, 4.69) is 23.1 Å². The minimum Gasteiger partial charge on any atom is -0.493 e. The maximum atomic E-state index is 12.8. The molecule has 1 fully saturated rings. The second-order valence-electron chi connectivity index (χ2n) is 9.55. The summed E-state index contributed by atoms with van der Waals surface area (Å²) in [5.41, 5.74) is 4.28. The van der Waals surface area contributed by atoms with E-state index in [0.29, 0.717) is 17.6 Å². The molecule has 7 heteroatoms. The van der Waals surface area contributed by atoms with Crippen LogP contribution < -0.4 is 18.9 Å². The lowest BCUT2D eigenvalue weighted by Crippen LogP contribution is -2.55. The van der Waals surface area contributed by atoms with Gasteiger partial charge in [-0.3, -0.25) is 9.69 Å². The van der Waals surface area contributed by atoms with Crippen LogP contribution in [-0.2, 0) is 27.8 Å². The van der Waals surface area contributed by atoms with Crippen LogP contribution in [0.2, 0.25) is 0 Å². The molecular weight excluding hydrogens is 458 g/mol. The Kier molecular flexibility index (Phi) is 6.43. The van der Waals surface area contributed by atoms with Crippen molar-refractivity contribution in [1.29, 1.82) is 0 Å². The van der Waals surface area contributed by atoms with Crippen molar-refractivity contribution >= 4 is 5.78 Å². The number of ketones is 1. The molecule has 3 aliphatic rings. The first kappa shape index (κ1) is 24.3. The molecule has 1 saturated heterocycles. The highest BCUT2D eigenvalue weighted by Crippen LogP contribution is 2.53. The number of carbonyl (C=O) groups is 1. The van der Waals surface area contributed by atoms with Crippen LogP contribution in [0, 0.1) is 0 Å². The molecule has 7 nitrogen and oxygen atoms in total. The number of hydrogen-bond donors (Lipinski definition) is 0. The second-order valence-corrected chi connectivity index (χ2v) is 9.55. The van der Waals surface area contributed by atoms with E-state index in [-0.39, 0.29) is 5.78 Å². The van der Waals surface area contributed by atoms with Crippen molar-refractivity contribution in [3.05, 3.63) is 70.5 Å². The maximum Gasteiger partial charge on any atom is 0.220 e. The summed E-state index contributed by atoms with van der Waals surface area (Å²) in [6, 6.07) is 10.6. The molecular formula is C29H33NO6. The highest BCUT2D eigenvalue weighted by atomic mass is 16.5. The van der Waals surface area contributed by atoms with Crippen molar-refractivity contribution < 1.29 is 28.5 Å². The van der Waals surface area contributed by atoms with E-state index in [1.165, 1.54) is 16.7 Å². The molecule has 1 heterocycles. The van der Waals surface area contributed by atoms with Crippen molar-refractivity contribution in [2.24, 2.45) is 0 Å². The van der Waals surface area contributed by atoms with Crippen LogP contribution in [0.5, 0.6) is 23.0 Å². The van der Waals surface area contributed by atoms with Gasteiger partial charge in [-0.05, 0) is 77.9 Å². The summed E-state index contributed by atoms with van der Waals surface area (Å²) >= 11 is 0. The molecule has 1 spiro atoms. The predicted molar refractivity (Wildman–Crippen MR) is 136 cm³/mol. The molecule has 0 amide bonds. The van der Waals surface area contributed by atoms with Gasteiger partial charge in [-0.2, -0.15) is 0 Å². The number of ether oxygens (including phenoxy) is 5. The van der Waals surface area contributed by atoms with Crippen LogP contribution >= 0.6 is 0 Å². The van der Waals surface area contributed by atoms with Gasteiger partial charge in [0.25, 0.3) is 0 Å². The molecule has 190 valence electrons. The lowest BCUT2D eigenvalue weighted by atomic mass is 9.59. The van der Waals surface area contributed by atoms with E-state index >= 15 is 0 Å². The highest BCUT2D eigenvalue weighted by Gasteiger charge is 2.50. The van der Waals surface area contributed by atoms with Gasteiger partial charge >= 0.3 is 0 Å². The average Bonchev–Trinajstić information content (AvgIpc) is 2.91. The predicted octanol–water partition coefficient (Wildman–Crippen LogP) is 3.87. The van der Waals surface area contributed by atoms with Crippen molar-refractivity contribution in [3.63, 3.8) is 0 Å². The zero-order valence-corrected chi connectivity index (χ0v) is 21.6. The largest absolute Gasteiger partial charge is 0.493 e. The molecule has 36 heavy (non-hydrogen) atoms. The summed E-state index contributed by atoms with van der Waals surface area (Å²) in [5.74, 6) is 3.20. The summed E-state index contributed by atoms with van der Waals surface area (Å²) in [6.07, 6.45) is 6.47. The van der Waals surface area contributed by atoms with Crippen LogP contribution in [0.4, 0.5) is 0 Å². The van der Waals surface area contributed by atoms with Crippen LogP contribution in [0.25, 0.3) is 0 Å². The number of fused-ring (bicyclic) bond motifs is 2. The summed E-state index contributed by atoms with van der Waals surface area (Å²) < 4.78 is 27.6. The monoisotopic (exact) mass is 491 g/mol. The first-order chi connectivity index (χ1) is 17.5. The molecule has 2 aromatic rings. The Bertz CT molecular complexity index is 1250. The van der Waals surface area contributed by atoms with Gasteiger partial charge in [-0.25, -0.2) is 0 Å². The number of hydrogen-bond acceptors (Lipinski definition) is 7. The molecule has 2 aliphatic carbocycles. The molecule has 2 atom stereocenters. The molecule has 5 rings (SSSR count). The normalized spacial score (nSPS) is 22.6. The van der Waals surface area contributed by atoms with Crippen LogP contribution in [0.1, 0.15) is 23.1 Å². The summed E-state index contributed by atoms with van der Waals surface area (Å²) in [5, 5.41) is 0. The smallest absolute Gasteiger partial charge is 0.220 e. The molecule has 2 unspecified atom stereocenters. The van der Waals surface area contributed by atoms with Crippen LogP contribution in [-0.4, -0.2) is 65.4 Å². The van der Waals surface area contributed by atoms with Crippen molar-refractivity contribution in [2.75, 3.05) is 48.6 Å². The lowest BCUT2D eigenvalue weighted by Gasteiger charge is -2.52. The quantitative estimate of drug-likeness (QED) is 0.555. The van der Waals surface area contributed by atoms with E-state index in [1.54, 1.807) is 41.6 Å². The molecule has 2 bridgehead atoms. The fourth-order valence-corrected chi connectivity index (χ4v) is 6.02. The Morgan fingerprint density at radius 3 is 2.28 bits per heavy atom. The number of piperidine rings is 1. The molecule has 0 saturated carbocycles. The Morgan fingerprint density at radius 2 is 1.58 bits per heavy atom. The number of benzene rings is 2. The van der Waals surface area contributed by atoms with E-state index in [9.17, 15) is 4.79 Å². The van der Waals surface area contributed by atoms with Gasteiger partial charge in [0.15, 0.2) is 28.8 Å². The van der Waals surface area contributed by atoms with Gasteiger partial charge < -0.3 is 23.7 Å². The molecule has 0 N–H and O–H groups in total. The Labute approximate surface area is 212 Å². The van der Waals surface area contributed by atoms with E-state index in [1.807, 2.05) is 18.2 Å². The Hall–Kier alpha value is -3.45. The van der Waals surface area contributed by atoms with Gasteiger partial charge in [0.1, 0.15) is 0 Å². The number of carbonyl (C=O) groups excluding carboxylic acids is 1. The number of allylic oxidation sites excluding steroid dienone is 2. The Morgan fingerprint density at radius 1 is 0.889 bits per heavy atom. The fraction of sp³-hybridized carbons (Fsp3) is 0.414. The first-order valence-electron chi connectivity index (χ1n) is 12.2. The number of methoxy groups -OCH3 is 5. The standard InChI is InChI=1S/C29H33NO6/c1-32-24-7-6-18(10-25(24)33-2)8-9-30-17-20-13-23(31)28(36-5)16-29(20)15-21(30)11-19-12-26(34-3)27(35-4)14-22(19)29/h6-7,10,12-14,16,21H,8-9,11,15,17H2,1-5H3. The van der Waals surface area contributed by atoms with Crippen LogP contribution in [0.15, 0.2) is 53.8 Å². The van der Waals surface area contributed by atoms with Crippen molar-refractivity contribution in [3.8, 4) is 23.0 Å². The Balaban J connectivity index is 1.51. The van der Waals surface area contributed by atoms with Gasteiger partial charge in [-0.1, -0.05) is 6.07 Å². The zero-order valence-electron chi connectivity index (χ0n) is 21.6. The van der Waals surface area contributed by atoms with Gasteiger partial charge in [0.05, 0.1) is 35.5 Å². The van der Waals surface area contributed by atoms with Gasteiger partial charge in [0, 0.05) is 24.5 Å². The molecule has 2 aromatic carbocycles. The van der Waals surface area contributed by atoms with Crippen molar-refractivity contribution in [2.45, 2.75) is 30.7 Å². The maximum absolute atomic E-state index is 12.8. The number of rotatable bonds is 8. The van der Waals surface area contributed by atoms with Gasteiger partial charge in [0.2, 0.25) is 5.78 Å². The summed E-state index contributed by atoms with van der Waals surface area (Å²) in [7, 11) is 8.18. The van der Waals surface area contributed by atoms with Crippen molar-refractivity contribution in [1.82, 2.24) is 4.90 Å². The topological polar surface area (TPSA) is 66.5 Å². The van der Waals surface area contributed by atoms with E-state index in [4.69, 9.17) is 23.7 Å². The molecule has 1 aliphatic heterocycles. The van der Waals surface area contributed by atoms with E-state index in [0.717, 1.165) is 55.2 Å². The minimum absolute atomic E-state index is 0.0796. The number of likely N-dealkylation sites (tertiary alicyclic amines) is 1. The van der Waals surface area contributed by atoms with E-state index < -0.39 is 5.41 Å². The molecule has 0 radical (unpaired) electrons.